The van der Waals surface area contributed by atoms with Crippen molar-refractivity contribution in [1.29, 1.82) is 0 Å². The molecular formula is C26H28N2O4S2. The quantitative estimate of drug-likeness (QED) is 0.347. The average Bonchev–Trinajstić information content (AvgIpc) is 3.50. The predicted octanol–water partition coefficient (Wildman–Crippen LogP) is 5.61. The topological polar surface area (TPSA) is 76.7 Å². The van der Waals surface area contributed by atoms with Crippen molar-refractivity contribution < 1.29 is 19.1 Å². The summed E-state index contributed by atoms with van der Waals surface area (Å²) in [6.07, 6.45) is 9.19. The van der Waals surface area contributed by atoms with E-state index < -0.39 is 12.2 Å². The van der Waals surface area contributed by atoms with Crippen molar-refractivity contribution in [3.8, 4) is 0 Å². The first-order chi connectivity index (χ1) is 16.6. The first kappa shape index (κ1) is 24.3. The third-order valence-electron chi connectivity index (χ3n) is 5.42. The average molecular weight is 497 g/mol. The van der Waals surface area contributed by atoms with E-state index in [4.69, 9.17) is 9.47 Å². The van der Waals surface area contributed by atoms with Crippen LogP contribution in [0.1, 0.15) is 24.0 Å². The minimum absolute atomic E-state index is 0.0192. The molecule has 2 aromatic carbocycles. The van der Waals surface area contributed by atoms with Crippen LogP contribution in [0.15, 0.2) is 85.0 Å². The van der Waals surface area contributed by atoms with Crippen LogP contribution in [-0.4, -0.2) is 34.8 Å². The first-order valence-electron chi connectivity index (χ1n) is 11.3. The lowest BCUT2D eigenvalue weighted by molar-refractivity contribution is 0.136. The second-order valence-electron chi connectivity index (χ2n) is 8.14. The normalized spacial score (nSPS) is 22.9. The van der Waals surface area contributed by atoms with Crippen LogP contribution in [-0.2, 0) is 22.7 Å². The number of rotatable bonds is 9. The monoisotopic (exact) mass is 496 g/mol. The molecule has 0 radical (unpaired) electrons. The van der Waals surface area contributed by atoms with Gasteiger partial charge in [0.2, 0.25) is 0 Å². The number of carbonyl (C=O) groups excluding carboxylic acids is 2. The molecule has 0 heterocycles. The summed E-state index contributed by atoms with van der Waals surface area (Å²) in [5, 5.41) is 6.47. The van der Waals surface area contributed by atoms with Crippen LogP contribution in [0.3, 0.4) is 0 Å². The second-order valence-corrected chi connectivity index (χ2v) is 10.9. The Morgan fingerprint density at radius 2 is 1.09 bits per heavy atom. The first-order valence-corrected chi connectivity index (χ1v) is 13.5. The Labute approximate surface area is 208 Å². The molecule has 34 heavy (non-hydrogen) atoms. The van der Waals surface area contributed by atoms with Crippen molar-refractivity contribution >= 4 is 33.8 Å². The van der Waals surface area contributed by atoms with Crippen LogP contribution in [0.25, 0.3) is 0 Å². The Morgan fingerprint density at radius 3 is 1.50 bits per heavy atom. The molecule has 0 saturated carbocycles. The lowest BCUT2D eigenvalue weighted by Crippen LogP contribution is -2.33. The van der Waals surface area contributed by atoms with Crippen LogP contribution in [0.5, 0.6) is 0 Å². The number of ether oxygens (including phenoxy) is 2. The van der Waals surface area contributed by atoms with Gasteiger partial charge >= 0.3 is 12.2 Å². The molecule has 0 spiro atoms. The van der Waals surface area contributed by atoms with Gasteiger partial charge in [-0.2, -0.15) is 0 Å². The molecule has 178 valence electrons. The molecule has 0 unspecified atom stereocenters. The Morgan fingerprint density at radius 1 is 0.676 bits per heavy atom. The Bertz CT molecular complexity index is 919. The third-order valence-corrected chi connectivity index (χ3v) is 8.54. The van der Waals surface area contributed by atoms with E-state index in [-0.39, 0.29) is 25.3 Å². The fourth-order valence-electron chi connectivity index (χ4n) is 3.66. The van der Waals surface area contributed by atoms with Gasteiger partial charge in [0, 0.05) is 10.5 Å². The summed E-state index contributed by atoms with van der Waals surface area (Å²) >= 11 is 0. The van der Waals surface area contributed by atoms with Gasteiger partial charge in [-0.15, -0.1) is 0 Å². The number of amides is 2. The molecule has 2 aliphatic carbocycles. The summed E-state index contributed by atoms with van der Waals surface area (Å²) < 4.78 is 10.6. The number of benzene rings is 2. The fourth-order valence-corrected chi connectivity index (χ4v) is 6.54. The van der Waals surface area contributed by atoms with Gasteiger partial charge in [-0.1, -0.05) is 107 Å². The molecule has 0 saturated heterocycles. The van der Waals surface area contributed by atoms with Crippen molar-refractivity contribution in [2.24, 2.45) is 0 Å². The van der Waals surface area contributed by atoms with E-state index in [1.54, 1.807) is 21.6 Å². The highest BCUT2D eigenvalue weighted by Crippen LogP contribution is 2.40. The molecular weight excluding hydrogens is 468 g/mol. The SMILES string of the molecule is O=C(N[C@@H]1C=C[C@H](SS[C@H]2C=C[C@@H](NC(=O)OCc3ccccc3)C2)C1)OCc1ccccc1. The van der Waals surface area contributed by atoms with Crippen LogP contribution in [0, 0.1) is 0 Å². The number of alkyl carbamates (subject to hydrolysis) is 2. The van der Waals surface area contributed by atoms with Gasteiger partial charge in [0.25, 0.3) is 0 Å². The second kappa shape index (κ2) is 12.6. The molecule has 4 rings (SSSR count). The summed E-state index contributed by atoms with van der Waals surface area (Å²) in [5.41, 5.74) is 1.93. The van der Waals surface area contributed by atoms with E-state index in [0.717, 1.165) is 24.0 Å². The largest absolute Gasteiger partial charge is 0.445 e. The van der Waals surface area contributed by atoms with E-state index in [9.17, 15) is 9.59 Å². The molecule has 2 aromatic rings. The molecule has 0 bridgehead atoms. The molecule has 0 aromatic heterocycles. The van der Waals surface area contributed by atoms with Crippen LogP contribution >= 0.6 is 21.6 Å². The minimum Gasteiger partial charge on any atom is -0.445 e. The summed E-state index contributed by atoms with van der Waals surface area (Å²) in [6, 6.07) is 19.2. The lowest BCUT2D eigenvalue weighted by Gasteiger charge is -2.16. The molecule has 2 amide bonds. The van der Waals surface area contributed by atoms with Gasteiger partial charge in [0.15, 0.2) is 0 Å². The molecule has 8 heteroatoms. The standard InChI is InChI=1S/C26H28N2O4S2/c29-25(31-17-19-7-3-1-4-8-19)27-21-11-13-23(15-21)33-34-24-14-12-22(16-24)28-26(30)32-18-20-9-5-2-6-10-20/h1-14,21-24H,15-18H2,(H,27,29)(H,28,30)/t21-,22-,23+,24+/m1/s1. The molecule has 0 fully saturated rings. The van der Waals surface area contributed by atoms with Gasteiger partial charge in [-0.05, 0) is 24.0 Å². The lowest BCUT2D eigenvalue weighted by atomic mass is 10.2. The molecule has 4 atom stereocenters. The zero-order chi connectivity index (χ0) is 23.6. The van der Waals surface area contributed by atoms with E-state index in [0.29, 0.717) is 10.5 Å². The maximum atomic E-state index is 12.1. The Hall–Kier alpha value is -2.84. The summed E-state index contributed by atoms with van der Waals surface area (Å²) in [4.78, 5) is 24.1. The minimum atomic E-state index is -0.399. The zero-order valence-corrected chi connectivity index (χ0v) is 20.3. The fraction of sp³-hybridized carbons (Fsp3) is 0.308. The molecule has 2 aliphatic rings. The smallest absolute Gasteiger partial charge is 0.407 e. The summed E-state index contributed by atoms with van der Waals surface area (Å²) in [7, 11) is 3.59. The maximum Gasteiger partial charge on any atom is 0.407 e. The molecule has 6 nitrogen and oxygen atoms in total. The van der Waals surface area contributed by atoms with Gasteiger partial charge in [-0.25, -0.2) is 9.59 Å². The van der Waals surface area contributed by atoms with E-state index >= 15 is 0 Å². The van der Waals surface area contributed by atoms with Gasteiger partial charge in [-0.3, -0.25) is 0 Å². The van der Waals surface area contributed by atoms with Crippen molar-refractivity contribution in [2.45, 2.75) is 48.6 Å². The highest BCUT2D eigenvalue weighted by atomic mass is 33.1. The number of hydrogen-bond donors (Lipinski definition) is 2. The summed E-state index contributed by atoms with van der Waals surface area (Å²) in [6.45, 7) is 0.528. The highest BCUT2D eigenvalue weighted by molar-refractivity contribution is 8.77. The zero-order valence-electron chi connectivity index (χ0n) is 18.7. The van der Waals surface area contributed by atoms with Gasteiger partial charge in [0.05, 0.1) is 12.1 Å². The van der Waals surface area contributed by atoms with E-state index in [2.05, 4.69) is 22.8 Å². The number of nitrogens with one attached hydrogen (secondary N) is 2. The molecule has 0 aliphatic heterocycles. The van der Waals surface area contributed by atoms with Gasteiger partial charge in [0.1, 0.15) is 13.2 Å². The molecule has 2 N–H and O–H groups in total. The number of hydrogen-bond acceptors (Lipinski definition) is 6. The number of carbonyl (C=O) groups is 2. The van der Waals surface area contributed by atoms with Crippen LogP contribution in [0.4, 0.5) is 9.59 Å². The Kier molecular flexibility index (Phi) is 8.98. The van der Waals surface area contributed by atoms with Gasteiger partial charge < -0.3 is 20.1 Å². The van der Waals surface area contributed by atoms with Crippen molar-refractivity contribution in [3.63, 3.8) is 0 Å². The maximum absolute atomic E-state index is 12.1. The Balaban J connectivity index is 1.08. The van der Waals surface area contributed by atoms with Crippen molar-refractivity contribution in [1.82, 2.24) is 10.6 Å². The predicted molar refractivity (Wildman–Crippen MR) is 137 cm³/mol. The van der Waals surface area contributed by atoms with Crippen molar-refractivity contribution in [3.05, 3.63) is 96.1 Å². The third kappa shape index (κ3) is 7.88. The van der Waals surface area contributed by atoms with E-state index in [1.807, 2.05) is 72.8 Å². The van der Waals surface area contributed by atoms with Crippen LogP contribution in [0.2, 0.25) is 0 Å². The van der Waals surface area contributed by atoms with Crippen LogP contribution < -0.4 is 10.6 Å². The van der Waals surface area contributed by atoms with E-state index in [1.165, 1.54) is 0 Å². The summed E-state index contributed by atoms with van der Waals surface area (Å²) in [5.74, 6) is 0. The highest BCUT2D eigenvalue weighted by Gasteiger charge is 2.25. The van der Waals surface area contributed by atoms with Crippen molar-refractivity contribution in [2.75, 3.05) is 0 Å².